The zero-order valence-corrected chi connectivity index (χ0v) is 16.1. The number of amides is 2. The van der Waals surface area contributed by atoms with Crippen molar-refractivity contribution in [2.24, 2.45) is 0 Å². The molecule has 9 nitrogen and oxygen atoms in total. The first-order chi connectivity index (χ1) is 13.3. The fourth-order valence-corrected chi connectivity index (χ4v) is 2.22. The highest BCUT2D eigenvalue weighted by atomic mass is 35.5. The van der Waals surface area contributed by atoms with Crippen molar-refractivity contribution < 1.29 is 19.2 Å². The topological polar surface area (TPSA) is 123 Å². The minimum atomic E-state index is -0.588. The monoisotopic (exact) mass is 422 g/mol. The van der Waals surface area contributed by atoms with E-state index in [1.807, 2.05) is 6.92 Å². The van der Waals surface area contributed by atoms with Gasteiger partial charge in [-0.25, -0.2) is 0 Å². The lowest BCUT2D eigenvalue weighted by atomic mass is 10.2. The molecule has 0 unspecified atom stereocenters. The minimum Gasteiger partial charge on any atom is -0.484 e. The van der Waals surface area contributed by atoms with E-state index in [-0.39, 0.29) is 23.0 Å². The summed E-state index contributed by atoms with van der Waals surface area (Å²) in [7, 11) is 0. The Morgan fingerprint density at radius 2 is 1.86 bits per heavy atom. The van der Waals surface area contributed by atoms with E-state index in [0.29, 0.717) is 10.8 Å². The number of rotatable bonds is 5. The van der Waals surface area contributed by atoms with Gasteiger partial charge in [-0.3, -0.25) is 35.9 Å². The van der Waals surface area contributed by atoms with Crippen molar-refractivity contribution in [3.8, 4) is 5.75 Å². The van der Waals surface area contributed by atoms with Gasteiger partial charge in [0, 0.05) is 22.7 Å². The largest absolute Gasteiger partial charge is 0.484 e. The SMILES string of the molecule is Cc1cc(OCC(=O)NNC(=S)NC(=O)c2ccc([N+](=O)[O-])cc2)ccc1Cl. The van der Waals surface area contributed by atoms with E-state index in [0.717, 1.165) is 5.56 Å². The summed E-state index contributed by atoms with van der Waals surface area (Å²) in [5.74, 6) is -0.639. The molecule has 0 aliphatic carbocycles. The third-order valence-electron chi connectivity index (χ3n) is 3.38. The van der Waals surface area contributed by atoms with Gasteiger partial charge in [0.05, 0.1) is 4.92 Å². The normalized spacial score (nSPS) is 9.93. The Morgan fingerprint density at radius 3 is 2.46 bits per heavy atom. The molecule has 0 aliphatic rings. The lowest BCUT2D eigenvalue weighted by Gasteiger charge is -2.11. The van der Waals surface area contributed by atoms with Gasteiger partial charge in [-0.2, -0.15) is 0 Å². The van der Waals surface area contributed by atoms with E-state index in [9.17, 15) is 19.7 Å². The summed E-state index contributed by atoms with van der Waals surface area (Å²) in [4.78, 5) is 33.8. The molecule has 0 bridgehead atoms. The van der Waals surface area contributed by atoms with Gasteiger partial charge in [-0.05, 0) is 55.0 Å². The summed E-state index contributed by atoms with van der Waals surface area (Å²) in [6.45, 7) is 1.52. The second-order valence-electron chi connectivity index (χ2n) is 5.46. The number of non-ortho nitro benzene ring substituents is 1. The van der Waals surface area contributed by atoms with Crippen LogP contribution in [0.4, 0.5) is 5.69 Å². The number of hydrogen-bond donors (Lipinski definition) is 3. The number of nitrogens with zero attached hydrogens (tertiary/aromatic N) is 1. The lowest BCUT2D eigenvalue weighted by molar-refractivity contribution is -0.384. The Labute approximate surface area is 170 Å². The van der Waals surface area contributed by atoms with Crippen LogP contribution < -0.4 is 20.9 Å². The number of benzene rings is 2. The highest BCUT2D eigenvalue weighted by Gasteiger charge is 2.11. The number of nitro groups is 1. The second-order valence-corrected chi connectivity index (χ2v) is 6.28. The number of carbonyl (C=O) groups excluding carboxylic acids is 2. The zero-order chi connectivity index (χ0) is 20.7. The number of thiocarbonyl (C=S) groups is 1. The second kappa shape index (κ2) is 9.62. The number of aryl methyl sites for hydroxylation is 1. The molecular formula is C17H15ClN4O5S. The maximum absolute atomic E-state index is 12.0. The smallest absolute Gasteiger partial charge is 0.276 e. The van der Waals surface area contributed by atoms with Crippen LogP contribution in [0.1, 0.15) is 15.9 Å². The van der Waals surface area contributed by atoms with Crippen LogP contribution in [0.25, 0.3) is 0 Å². The number of carbonyl (C=O) groups is 2. The number of hydrogen-bond acceptors (Lipinski definition) is 6. The first-order valence-corrected chi connectivity index (χ1v) is 8.58. The molecule has 0 aliphatic heterocycles. The van der Waals surface area contributed by atoms with Crippen molar-refractivity contribution >= 4 is 46.4 Å². The van der Waals surface area contributed by atoms with Crippen LogP contribution in [0.2, 0.25) is 5.02 Å². The van der Waals surface area contributed by atoms with E-state index in [1.165, 1.54) is 24.3 Å². The average molecular weight is 423 g/mol. The Kier molecular flexibility index (Phi) is 7.24. The average Bonchev–Trinajstić information content (AvgIpc) is 2.67. The fourth-order valence-electron chi connectivity index (χ4n) is 1.96. The van der Waals surface area contributed by atoms with Crippen LogP contribution in [0.3, 0.4) is 0 Å². The molecule has 0 fully saturated rings. The van der Waals surface area contributed by atoms with Crippen LogP contribution in [0.15, 0.2) is 42.5 Å². The van der Waals surface area contributed by atoms with Gasteiger partial charge < -0.3 is 4.74 Å². The molecule has 0 heterocycles. The van der Waals surface area contributed by atoms with Crippen LogP contribution >= 0.6 is 23.8 Å². The highest BCUT2D eigenvalue weighted by molar-refractivity contribution is 7.80. The first kappa shape index (κ1) is 21.1. The van der Waals surface area contributed by atoms with Gasteiger partial charge in [0.25, 0.3) is 17.5 Å². The maximum Gasteiger partial charge on any atom is 0.276 e. The quantitative estimate of drug-likeness (QED) is 0.383. The van der Waals surface area contributed by atoms with Crippen LogP contribution in [-0.2, 0) is 4.79 Å². The van der Waals surface area contributed by atoms with Crippen molar-refractivity contribution in [2.75, 3.05) is 6.61 Å². The number of nitrogens with one attached hydrogen (secondary N) is 3. The highest BCUT2D eigenvalue weighted by Crippen LogP contribution is 2.20. The van der Waals surface area contributed by atoms with E-state index in [1.54, 1.807) is 18.2 Å². The molecule has 0 radical (unpaired) electrons. The third-order valence-corrected chi connectivity index (χ3v) is 4.01. The zero-order valence-electron chi connectivity index (χ0n) is 14.5. The van der Waals surface area contributed by atoms with Gasteiger partial charge in [0.15, 0.2) is 11.7 Å². The Bertz CT molecular complexity index is 920. The van der Waals surface area contributed by atoms with Crippen LogP contribution in [0.5, 0.6) is 5.75 Å². The molecule has 3 N–H and O–H groups in total. The molecule has 2 rings (SSSR count). The van der Waals surface area contributed by atoms with Crippen molar-refractivity contribution in [3.05, 3.63) is 68.7 Å². The minimum absolute atomic E-state index is 0.139. The number of ether oxygens (including phenoxy) is 1. The molecule has 0 saturated carbocycles. The molecular weight excluding hydrogens is 408 g/mol. The van der Waals surface area contributed by atoms with Crippen LogP contribution in [-0.4, -0.2) is 28.5 Å². The summed E-state index contributed by atoms with van der Waals surface area (Å²) >= 11 is 10.8. The van der Waals surface area contributed by atoms with Crippen molar-refractivity contribution in [1.29, 1.82) is 0 Å². The van der Waals surface area contributed by atoms with E-state index in [4.69, 9.17) is 28.6 Å². The molecule has 0 saturated heterocycles. The number of halogens is 1. The summed E-state index contributed by atoms with van der Waals surface area (Å²) in [5, 5.41) is 13.4. The van der Waals surface area contributed by atoms with Gasteiger partial charge in [-0.1, -0.05) is 11.6 Å². The molecule has 0 atom stereocenters. The third kappa shape index (κ3) is 6.18. The molecule has 0 spiro atoms. The van der Waals surface area contributed by atoms with Crippen molar-refractivity contribution in [1.82, 2.24) is 16.2 Å². The first-order valence-electron chi connectivity index (χ1n) is 7.80. The summed E-state index contributed by atoms with van der Waals surface area (Å²) in [5.41, 5.74) is 5.48. The molecule has 0 aromatic heterocycles. The van der Waals surface area contributed by atoms with Gasteiger partial charge in [0.1, 0.15) is 5.75 Å². The number of nitro benzene ring substituents is 1. The summed E-state index contributed by atoms with van der Waals surface area (Å²) in [6, 6.07) is 9.95. The molecule has 2 aromatic carbocycles. The predicted molar refractivity (Wildman–Crippen MR) is 106 cm³/mol. The van der Waals surface area contributed by atoms with Crippen molar-refractivity contribution in [3.63, 3.8) is 0 Å². The van der Waals surface area contributed by atoms with Gasteiger partial charge >= 0.3 is 0 Å². The molecule has 28 heavy (non-hydrogen) atoms. The molecule has 2 aromatic rings. The van der Waals surface area contributed by atoms with E-state index >= 15 is 0 Å². The van der Waals surface area contributed by atoms with E-state index < -0.39 is 16.7 Å². The molecule has 2 amide bonds. The molecule has 146 valence electrons. The maximum atomic E-state index is 12.0. The van der Waals surface area contributed by atoms with Gasteiger partial charge in [-0.15, -0.1) is 0 Å². The Balaban J connectivity index is 1.76. The molecule has 11 heteroatoms. The van der Waals surface area contributed by atoms with Crippen molar-refractivity contribution in [2.45, 2.75) is 6.92 Å². The lowest BCUT2D eigenvalue weighted by Crippen LogP contribution is -2.49. The van der Waals surface area contributed by atoms with Gasteiger partial charge in [0.2, 0.25) is 0 Å². The standard InChI is InChI=1S/C17H15ClN4O5S/c1-10-8-13(6-7-14(10)18)27-9-15(23)20-21-17(28)19-16(24)11-2-4-12(5-3-11)22(25)26/h2-8H,9H2,1H3,(H,20,23)(H2,19,21,24,28). The summed E-state index contributed by atoms with van der Waals surface area (Å²) in [6.07, 6.45) is 0. The summed E-state index contributed by atoms with van der Waals surface area (Å²) < 4.78 is 5.32. The Morgan fingerprint density at radius 1 is 1.18 bits per heavy atom. The predicted octanol–water partition coefficient (Wildman–Crippen LogP) is 2.27. The van der Waals surface area contributed by atoms with Crippen LogP contribution in [0, 0.1) is 17.0 Å². The number of hydrazine groups is 1. The Hall–Kier alpha value is -3.24. The van der Waals surface area contributed by atoms with E-state index in [2.05, 4.69) is 16.2 Å². The fraction of sp³-hybridized carbons (Fsp3) is 0.118.